The maximum Gasteiger partial charge on any atom is 0.260 e. The Morgan fingerprint density at radius 2 is 1.34 bits per heavy atom. The molecule has 6 heteroatoms. The van der Waals surface area contributed by atoms with Crippen LogP contribution in [-0.4, -0.2) is 22.5 Å². The largest absolute Gasteiger partial charge is 0.543 e. The van der Waals surface area contributed by atoms with E-state index in [9.17, 15) is 5.26 Å². The Bertz CT molecular complexity index is 1230. The van der Waals surface area contributed by atoms with Crippen molar-refractivity contribution in [2.45, 2.75) is 44.8 Å². The van der Waals surface area contributed by atoms with Gasteiger partial charge in [-0.2, -0.15) is 10.5 Å². The molecule has 0 unspecified atom stereocenters. The van der Waals surface area contributed by atoms with Gasteiger partial charge in [0.1, 0.15) is 5.75 Å². The number of hydrogen-bond acceptors (Lipinski definition) is 5. The lowest BCUT2D eigenvalue weighted by Crippen LogP contribution is -2.50. The van der Waals surface area contributed by atoms with E-state index in [0.717, 1.165) is 22.9 Å². The maximum atomic E-state index is 9.68. The topological polar surface area (TPSA) is 75.3 Å². The van der Waals surface area contributed by atoms with Crippen molar-refractivity contribution in [2.75, 3.05) is 14.2 Å². The summed E-state index contributed by atoms with van der Waals surface area (Å²) in [5, 5.41) is 18.8. The van der Waals surface area contributed by atoms with Gasteiger partial charge in [0.05, 0.1) is 37.5 Å². The highest BCUT2D eigenvalue weighted by atomic mass is 28.4. The molecule has 0 saturated carbocycles. The van der Waals surface area contributed by atoms with Gasteiger partial charge in [0.15, 0.2) is 11.5 Å². The van der Waals surface area contributed by atoms with E-state index in [1.54, 1.807) is 20.3 Å². The summed E-state index contributed by atoms with van der Waals surface area (Å²) in [6, 6.07) is 24.6. The fourth-order valence-corrected chi connectivity index (χ4v) is 8.64. The van der Waals surface area contributed by atoms with E-state index in [1.165, 1.54) is 5.56 Å². The molecule has 0 N–H and O–H groups in total. The SMILES string of the molecule is COc1cc(C#N)c(-c2ccc(O[Si](Cc3ccc(C#N)cc3)(C(C)C)C(C)C)cc2)cc1OC. The van der Waals surface area contributed by atoms with E-state index in [2.05, 4.69) is 39.8 Å². The molecule has 3 aromatic carbocycles. The van der Waals surface area contributed by atoms with Gasteiger partial charge in [0.2, 0.25) is 0 Å². The van der Waals surface area contributed by atoms with Crippen molar-refractivity contribution in [3.63, 3.8) is 0 Å². The fraction of sp³-hybridized carbons (Fsp3) is 0.310. The van der Waals surface area contributed by atoms with E-state index >= 15 is 0 Å². The van der Waals surface area contributed by atoms with E-state index in [0.29, 0.717) is 33.7 Å². The summed E-state index contributed by atoms with van der Waals surface area (Å²) in [6.45, 7) is 8.97. The number of nitrogens with zero attached hydrogens (tertiary/aromatic N) is 2. The molecule has 0 spiro atoms. The highest BCUT2D eigenvalue weighted by Gasteiger charge is 2.44. The first-order chi connectivity index (χ1) is 16.8. The van der Waals surface area contributed by atoms with Gasteiger partial charge in [-0.25, -0.2) is 0 Å². The molecule has 35 heavy (non-hydrogen) atoms. The summed E-state index contributed by atoms with van der Waals surface area (Å²) in [5.74, 6) is 1.94. The minimum Gasteiger partial charge on any atom is -0.543 e. The van der Waals surface area contributed by atoms with Crippen LogP contribution in [0.5, 0.6) is 17.2 Å². The Morgan fingerprint density at radius 1 is 0.771 bits per heavy atom. The van der Waals surface area contributed by atoms with E-state index in [-0.39, 0.29) is 0 Å². The first-order valence-corrected chi connectivity index (χ1v) is 14.0. The van der Waals surface area contributed by atoms with Crippen molar-refractivity contribution in [3.8, 4) is 40.5 Å². The standard InChI is InChI=1S/C29H32N2O3Si/c1-20(2)35(21(3)4,19-23-9-7-22(17-30)8-10-23)34-26-13-11-24(12-14-26)27-16-29(33-6)28(32-5)15-25(27)18-31/h7-16,20-21H,19H2,1-6H3. The lowest BCUT2D eigenvalue weighted by molar-refractivity contribution is 0.355. The van der Waals surface area contributed by atoms with Crippen molar-refractivity contribution in [3.05, 3.63) is 77.4 Å². The van der Waals surface area contributed by atoms with Crippen molar-refractivity contribution in [1.82, 2.24) is 0 Å². The Labute approximate surface area is 209 Å². The van der Waals surface area contributed by atoms with Gasteiger partial charge in [0, 0.05) is 17.7 Å². The molecule has 0 bridgehead atoms. The van der Waals surface area contributed by atoms with Crippen molar-refractivity contribution < 1.29 is 13.9 Å². The second-order valence-electron chi connectivity index (χ2n) is 9.24. The van der Waals surface area contributed by atoms with Crippen LogP contribution in [0.25, 0.3) is 11.1 Å². The quantitative estimate of drug-likeness (QED) is 0.304. The van der Waals surface area contributed by atoms with Crippen molar-refractivity contribution >= 4 is 8.32 Å². The van der Waals surface area contributed by atoms with E-state index in [1.807, 2.05) is 54.6 Å². The van der Waals surface area contributed by atoms with Crippen LogP contribution in [0, 0.1) is 22.7 Å². The first-order valence-electron chi connectivity index (χ1n) is 11.7. The van der Waals surface area contributed by atoms with Gasteiger partial charge in [0.25, 0.3) is 8.32 Å². The lowest BCUT2D eigenvalue weighted by Gasteiger charge is -2.39. The zero-order valence-corrected chi connectivity index (χ0v) is 22.3. The summed E-state index contributed by atoms with van der Waals surface area (Å²) in [5.41, 5.74) is 4.83. The highest BCUT2D eigenvalue weighted by molar-refractivity contribution is 6.76. The number of rotatable bonds is 9. The first kappa shape index (κ1) is 25.9. The number of nitriles is 2. The third kappa shape index (κ3) is 5.50. The third-order valence-electron chi connectivity index (χ3n) is 6.64. The lowest BCUT2D eigenvalue weighted by atomic mass is 9.99. The smallest absolute Gasteiger partial charge is 0.260 e. The van der Waals surface area contributed by atoms with Gasteiger partial charge in [-0.05, 0) is 52.5 Å². The van der Waals surface area contributed by atoms with Crippen LogP contribution in [0.2, 0.25) is 11.1 Å². The predicted octanol–water partition coefficient (Wildman–Crippen LogP) is 7.04. The molecule has 3 aromatic rings. The molecule has 180 valence electrons. The van der Waals surface area contributed by atoms with Gasteiger partial charge in [-0.15, -0.1) is 0 Å². The van der Waals surface area contributed by atoms with Gasteiger partial charge < -0.3 is 13.9 Å². The second-order valence-corrected chi connectivity index (χ2v) is 14.0. The molecular weight excluding hydrogens is 452 g/mol. The molecule has 0 aliphatic heterocycles. The molecule has 0 saturated heterocycles. The van der Waals surface area contributed by atoms with Crippen LogP contribution in [0.15, 0.2) is 60.7 Å². The number of hydrogen-bond donors (Lipinski definition) is 0. The monoisotopic (exact) mass is 484 g/mol. The summed E-state index contributed by atoms with van der Waals surface area (Å²) in [6.07, 6.45) is 0. The predicted molar refractivity (Wildman–Crippen MR) is 141 cm³/mol. The minimum absolute atomic E-state index is 0.383. The molecule has 0 radical (unpaired) electrons. The molecule has 0 aliphatic carbocycles. The molecule has 5 nitrogen and oxygen atoms in total. The summed E-state index contributed by atoms with van der Waals surface area (Å²) in [7, 11) is 0.869. The summed E-state index contributed by atoms with van der Waals surface area (Å²) < 4.78 is 17.7. The fourth-order valence-electron chi connectivity index (χ4n) is 4.50. The number of methoxy groups -OCH3 is 2. The Hall–Kier alpha value is -3.74. The molecule has 0 atom stereocenters. The van der Waals surface area contributed by atoms with E-state index in [4.69, 9.17) is 19.2 Å². The second kappa shape index (κ2) is 11.1. The number of benzene rings is 3. The molecule has 0 aromatic heterocycles. The van der Waals surface area contributed by atoms with Crippen LogP contribution in [0.3, 0.4) is 0 Å². The van der Waals surface area contributed by atoms with E-state index < -0.39 is 8.32 Å². The summed E-state index contributed by atoms with van der Waals surface area (Å²) in [4.78, 5) is 0. The van der Waals surface area contributed by atoms with Crippen molar-refractivity contribution in [1.29, 1.82) is 10.5 Å². The van der Waals surface area contributed by atoms with Crippen LogP contribution in [-0.2, 0) is 6.04 Å². The van der Waals surface area contributed by atoms with Crippen LogP contribution >= 0.6 is 0 Å². The molecule has 0 amide bonds. The Balaban J connectivity index is 1.95. The molecule has 0 heterocycles. The van der Waals surface area contributed by atoms with Gasteiger partial charge in [-0.1, -0.05) is 52.0 Å². The Morgan fingerprint density at radius 3 is 1.83 bits per heavy atom. The zero-order valence-electron chi connectivity index (χ0n) is 21.3. The maximum absolute atomic E-state index is 9.68. The zero-order chi connectivity index (χ0) is 25.6. The highest BCUT2D eigenvalue weighted by Crippen LogP contribution is 2.39. The average molecular weight is 485 g/mol. The molecular formula is C29H32N2O3Si. The van der Waals surface area contributed by atoms with Crippen LogP contribution in [0.4, 0.5) is 0 Å². The normalized spacial score (nSPS) is 11.1. The summed E-state index contributed by atoms with van der Waals surface area (Å²) >= 11 is 0. The average Bonchev–Trinajstić information content (AvgIpc) is 2.88. The van der Waals surface area contributed by atoms with Crippen LogP contribution < -0.4 is 13.9 Å². The van der Waals surface area contributed by atoms with Crippen molar-refractivity contribution in [2.24, 2.45) is 0 Å². The molecule has 3 rings (SSSR count). The van der Waals surface area contributed by atoms with Gasteiger partial charge >= 0.3 is 0 Å². The Kier molecular flexibility index (Phi) is 8.22. The van der Waals surface area contributed by atoms with Crippen LogP contribution in [0.1, 0.15) is 44.4 Å². The molecule has 0 aliphatic rings. The van der Waals surface area contributed by atoms with Gasteiger partial charge in [-0.3, -0.25) is 0 Å². The number of ether oxygens (including phenoxy) is 2. The minimum atomic E-state index is -2.27. The third-order valence-corrected chi connectivity index (χ3v) is 12.1. The molecule has 0 fully saturated rings.